The van der Waals surface area contributed by atoms with Crippen molar-refractivity contribution in [1.29, 1.82) is 0 Å². The molecule has 29 heavy (non-hydrogen) atoms. The quantitative estimate of drug-likeness (QED) is 0.695. The van der Waals surface area contributed by atoms with Gasteiger partial charge in [0.15, 0.2) is 5.82 Å². The zero-order valence-electron chi connectivity index (χ0n) is 15.8. The van der Waals surface area contributed by atoms with Gasteiger partial charge in [0.2, 0.25) is 5.91 Å². The number of carbonyl (C=O) groups is 2. The maximum Gasteiger partial charge on any atom is 0.255 e. The summed E-state index contributed by atoms with van der Waals surface area (Å²) in [6, 6.07) is 10.8. The molecule has 0 radical (unpaired) electrons. The van der Waals surface area contributed by atoms with Gasteiger partial charge in [-0.05, 0) is 29.8 Å². The molecule has 8 heteroatoms. The fourth-order valence-electron chi connectivity index (χ4n) is 3.20. The zero-order chi connectivity index (χ0) is 20.4. The van der Waals surface area contributed by atoms with Crippen LogP contribution >= 0.6 is 11.6 Å². The van der Waals surface area contributed by atoms with Crippen molar-refractivity contribution in [2.45, 2.75) is 13.1 Å². The van der Waals surface area contributed by atoms with Crippen molar-refractivity contribution in [1.82, 2.24) is 9.88 Å². The SMILES string of the molecule is CN(Cc1ccoc1)C(=O)c1cnc2c(c1)N(Cc1ccc(Cl)cc1)C(=O)CN2. The number of hydrogen-bond donors (Lipinski definition) is 1. The number of benzene rings is 1. The van der Waals surface area contributed by atoms with Crippen molar-refractivity contribution in [3.63, 3.8) is 0 Å². The molecule has 3 aromatic rings. The number of pyridine rings is 1. The third-order valence-corrected chi connectivity index (χ3v) is 4.97. The summed E-state index contributed by atoms with van der Waals surface area (Å²) in [7, 11) is 1.71. The Morgan fingerprint density at radius 3 is 2.79 bits per heavy atom. The standard InChI is InChI=1S/C21H19ClN4O3/c1-25(11-15-6-7-29-13-15)21(28)16-8-18-20(23-9-16)24-10-19(27)26(18)12-14-2-4-17(22)5-3-14/h2-9,13H,10-12H2,1H3,(H,23,24). The molecule has 1 aliphatic rings. The third kappa shape index (κ3) is 4.09. The number of anilines is 2. The number of fused-ring (bicyclic) bond motifs is 1. The Morgan fingerprint density at radius 2 is 2.07 bits per heavy atom. The van der Waals surface area contributed by atoms with Gasteiger partial charge in [0, 0.05) is 30.4 Å². The first kappa shape index (κ1) is 19.0. The molecular formula is C21H19ClN4O3. The minimum Gasteiger partial charge on any atom is -0.472 e. The van der Waals surface area contributed by atoms with Gasteiger partial charge < -0.3 is 19.5 Å². The Morgan fingerprint density at radius 1 is 1.28 bits per heavy atom. The van der Waals surface area contributed by atoms with E-state index < -0.39 is 0 Å². The molecule has 7 nitrogen and oxygen atoms in total. The van der Waals surface area contributed by atoms with E-state index in [1.165, 1.54) is 6.20 Å². The molecule has 0 fully saturated rings. The van der Waals surface area contributed by atoms with Crippen molar-refractivity contribution in [2.24, 2.45) is 0 Å². The van der Waals surface area contributed by atoms with Gasteiger partial charge in [0.1, 0.15) is 0 Å². The van der Waals surface area contributed by atoms with Crippen molar-refractivity contribution < 1.29 is 14.0 Å². The van der Waals surface area contributed by atoms with Gasteiger partial charge in [-0.15, -0.1) is 0 Å². The van der Waals surface area contributed by atoms with Gasteiger partial charge >= 0.3 is 0 Å². The van der Waals surface area contributed by atoms with E-state index in [2.05, 4.69) is 10.3 Å². The number of nitrogens with one attached hydrogen (secondary N) is 1. The highest BCUT2D eigenvalue weighted by Crippen LogP contribution is 2.30. The van der Waals surface area contributed by atoms with Gasteiger partial charge in [0.05, 0.1) is 36.9 Å². The van der Waals surface area contributed by atoms with Crippen LogP contribution in [0.3, 0.4) is 0 Å². The molecule has 0 bridgehead atoms. The maximum atomic E-state index is 12.9. The molecule has 2 amide bonds. The van der Waals surface area contributed by atoms with Crippen LogP contribution in [0.5, 0.6) is 0 Å². The van der Waals surface area contributed by atoms with Crippen LogP contribution in [-0.2, 0) is 17.9 Å². The summed E-state index contributed by atoms with van der Waals surface area (Å²) in [6.45, 7) is 0.939. The fraction of sp³-hybridized carbons (Fsp3) is 0.190. The summed E-state index contributed by atoms with van der Waals surface area (Å²) >= 11 is 5.95. The molecule has 3 heterocycles. The second kappa shape index (κ2) is 7.97. The van der Waals surface area contributed by atoms with E-state index in [1.807, 2.05) is 18.2 Å². The van der Waals surface area contributed by atoms with E-state index in [0.717, 1.165) is 11.1 Å². The Hall–Kier alpha value is -3.32. The number of nitrogens with zero attached hydrogens (tertiary/aromatic N) is 3. The average molecular weight is 411 g/mol. The van der Waals surface area contributed by atoms with Crippen LogP contribution in [0.2, 0.25) is 5.02 Å². The minimum absolute atomic E-state index is 0.0920. The molecule has 148 valence electrons. The fourth-order valence-corrected chi connectivity index (χ4v) is 3.32. The van der Waals surface area contributed by atoms with Gasteiger partial charge in [-0.3, -0.25) is 9.59 Å². The van der Waals surface area contributed by atoms with E-state index >= 15 is 0 Å². The van der Waals surface area contributed by atoms with E-state index in [4.69, 9.17) is 16.0 Å². The molecule has 0 aliphatic carbocycles. The van der Waals surface area contributed by atoms with Crippen molar-refractivity contribution in [3.05, 3.63) is 76.8 Å². The highest BCUT2D eigenvalue weighted by molar-refractivity contribution is 6.30. The molecule has 0 spiro atoms. The molecule has 0 saturated carbocycles. The summed E-state index contributed by atoms with van der Waals surface area (Å²) in [5.41, 5.74) is 2.82. The lowest BCUT2D eigenvalue weighted by atomic mass is 10.1. The summed E-state index contributed by atoms with van der Waals surface area (Å²) in [5.74, 6) is 0.296. The topological polar surface area (TPSA) is 78.7 Å². The van der Waals surface area contributed by atoms with Crippen LogP contribution in [-0.4, -0.2) is 35.3 Å². The van der Waals surface area contributed by atoms with Crippen molar-refractivity contribution in [2.75, 3.05) is 23.8 Å². The Bertz CT molecular complexity index is 1030. The third-order valence-electron chi connectivity index (χ3n) is 4.71. The second-order valence-corrected chi connectivity index (χ2v) is 7.28. The highest BCUT2D eigenvalue weighted by Gasteiger charge is 2.27. The molecule has 0 saturated heterocycles. The smallest absolute Gasteiger partial charge is 0.255 e. The lowest BCUT2D eigenvalue weighted by Crippen LogP contribution is -2.40. The highest BCUT2D eigenvalue weighted by atomic mass is 35.5. The maximum absolute atomic E-state index is 12.9. The first-order valence-electron chi connectivity index (χ1n) is 9.06. The summed E-state index contributed by atoms with van der Waals surface area (Å²) in [5, 5.41) is 3.64. The second-order valence-electron chi connectivity index (χ2n) is 6.84. The predicted molar refractivity (Wildman–Crippen MR) is 110 cm³/mol. The number of furan rings is 1. The van der Waals surface area contributed by atoms with Crippen LogP contribution < -0.4 is 10.2 Å². The number of halogens is 1. The molecule has 1 N–H and O–H groups in total. The lowest BCUT2D eigenvalue weighted by Gasteiger charge is -2.30. The molecule has 4 rings (SSSR count). The molecule has 1 aliphatic heterocycles. The Balaban J connectivity index is 1.59. The Labute approximate surface area is 172 Å². The van der Waals surface area contributed by atoms with Crippen LogP contribution in [0.25, 0.3) is 0 Å². The minimum atomic E-state index is -0.189. The number of hydrogen-bond acceptors (Lipinski definition) is 5. The first-order chi connectivity index (χ1) is 14.0. The van der Waals surface area contributed by atoms with E-state index in [1.54, 1.807) is 47.6 Å². The summed E-state index contributed by atoms with van der Waals surface area (Å²) < 4.78 is 5.05. The monoisotopic (exact) mass is 410 g/mol. The van der Waals surface area contributed by atoms with Crippen LogP contribution in [0.4, 0.5) is 11.5 Å². The molecule has 0 unspecified atom stereocenters. The Kier molecular flexibility index (Phi) is 5.22. The van der Waals surface area contributed by atoms with E-state index in [0.29, 0.717) is 35.2 Å². The number of amides is 2. The summed E-state index contributed by atoms with van der Waals surface area (Å²) in [6.07, 6.45) is 4.70. The van der Waals surface area contributed by atoms with E-state index in [-0.39, 0.29) is 18.4 Å². The van der Waals surface area contributed by atoms with Crippen molar-refractivity contribution in [3.8, 4) is 0 Å². The van der Waals surface area contributed by atoms with Gasteiger partial charge in [-0.2, -0.15) is 0 Å². The molecule has 2 aromatic heterocycles. The zero-order valence-corrected chi connectivity index (χ0v) is 16.5. The molecule has 0 atom stereocenters. The van der Waals surface area contributed by atoms with Crippen molar-refractivity contribution >= 4 is 34.9 Å². The normalized spacial score (nSPS) is 13.0. The van der Waals surface area contributed by atoms with Crippen LogP contribution in [0.15, 0.2) is 59.5 Å². The molecular weight excluding hydrogens is 392 g/mol. The lowest BCUT2D eigenvalue weighted by molar-refractivity contribution is -0.117. The number of carbonyl (C=O) groups excluding carboxylic acids is 2. The summed E-state index contributed by atoms with van der Waals surface area (Å²) in [4.78, 5) is 33.0. The predicted octanol–water partition coefficient (Wildman–Crippen LogP) is 3.56. The molecule has 1 aromatic carbocycles. The van der Waals surface area contributed by atoms with E-state index in [9.17, 15) is 9.59 Å². The van der Waals surface area contributed by atoms with Crippen LogP contribution in [0.1, 0.15) is 21.5 Å². The largest absolute Gasteiger partial charge is 0.472 e. The van der Waals surface area contributed by atoms with Gasteiger partial charge in [-0.1, -0.05) is 23.7 Å². The number of aromatic nitrogens is 1. The van der Waals surface area contributed by atoms with Gasteiger partial charge in [0.25, 0.3) is 5.91 Å². The average Bonchev–Trinajstić information content (AvgIpc) is 3.23. The van der Waals surface area contributed by atoms with Crippen LogP contribution in [0, 0.1) is 0 Å². The van der Waals surface area contributed by atoms with Gasteiger partial charge in [-0.25, -0.2) is 4.98 Å². The first-order valence-corrected chi connectivity index (χ1v) is 9.44. The number of rotatable bonds is 5.